The van der Waals surface area contributed by atoms with Crippen molar-refractivity contribution in [2.75, 3.05) is 31.1 Å². The number of carbonyl (C=O) groups is 1. The summed E-state index contributed by atoms with van der Waals surface area (Å²) in [4.78, 5) is 13.7. The Bertz CT molecular complexity index is 352. The van der Waals surface area contributed by atoms with E-state index < -0.39 is 9.84 Å². The maximum atomic E-state index is 12.0. The number of sulfone groups is 1. The third-order valence-corrected chi connectivity index (χ3v) is 4.87. The molecule has 0 aromatic carbocycles. The monoisotopic (exact) mass is 282 g/mol. The van der Waals surface area contributed by atoms with Gasteiger partial charge in [0, 0.05) is 13.1 Å². The maximum absolute atomic E-state index is 12.0. The lowest BCUT2D eigenvalue weighted by Gasteiger charge is -2.32. The molecule has 2 rings (SSSR count). The van der Waals surface area contributed by atoms with Gasteiger partial charge in [-0.1, -0.05) is 6.42 Å². The molecule has 0 radical (unpaired) electrons. The van der Waals surface area contributed by atoms with Gasteiger partial charge in [-0.3, -0.25) is 4.79 Å². The van der Waals surface area contributed by atoms with E-state index >= 15 is 0 Å². The van der Waals surface area contributed by atoms with Gasteiger partial charge >= 0.3 is 0 Å². The first-order valence-corrected chi connectivity index (χ1v) is 7.63. The third-order valence-electron chi connectivity index (χ3n) is 3.26. The van der Waals surface area contributed by atoms with Gasteiger partial charge < -0.3 is 10.2 Å². The van der Waals surface area contributed by atoms with E-state index in [1.807, 2.05) is 0 Å². The van der Waals surface area contributed by atoms with Crippen molar-refractivity contribution in [2.24, 2.45) is 0 Å². The van der Waals surface area contributed by atoms with Crippen molar-refractivity contribution >= 4 is 28.2 Å². The Morgan fingerprint density at radius 3 is 2.35 bits per heavy atom. The molecule has 7 heteroatoms. The van der Waals surface area contributed by atoms with Crippen molar-refractivity contribution in [3.8, 4) is 0 Å². The Morgan fingerprint density at radius 1 is 1.18 bits per heavy atom. The summed E-state index contributed by atoms with van der Waals surface area (Å²) in [6.07, 6.45) is 3.08. The zero-order chi connectivity index (χ0) is 11.6. The van der Waals surface area contributed by atoms with E-state index in [1.54, 1.807) is 4.90 Å². The molecule has 1 N–H and O–H groups in total. The topological polar surface area (TPSA) is 66.5 Å². The lowest BCUT2D eigenvalue weighted by Crippen LogP contribution is -2.52. The van der Waals surface area contributed by atoms with Crippen molar-refractivity contribution in [1.29, 1.82) is 0 Å². The van der Waals surface area contributed by atoms with E-state index in [9.17, 15) is 13.2 Å². The van der Waals surface area contributed by atoms with Gasteiger partial charge in [-0.2, -0.15) is 0 Å². The van der Waals surface area contributed by atoms with Crippen LogP contribution in [0.1, 0.15) is 19.3 Å². The van der Waals surface area contributed by atoms with Gasteiger partial charge in [-0.25, -0.2) is 8.42 Å². The highest BCUT2D eigenvalue weighted by Gasteiger charge is 2.30. The van der Waals surface area contributed by atoms with Gasteiger partial charge in [0.25, 0.3) is 0 Å². The van der Waals surface area contributed by atoms with Crippen LogP contribution in [0, 0.1) is 0 Å². The van der Waals surface area contributed by atoms with Crippen LogP contribution in [0.2, 0.25) is 0 Å². The maximum Gasteiger partial charge on any atom is 0.239 e. The van der Waals surface area contributed by atoms with Crippen LogP contribution in [0.25, 0.3) is 0 Å². The summed E-state index contributed by atoms with van der Waals surface area (Å²) in [5.41, 5.74) is 0. The first-order chi connectivity index (χ1) is 7.58. The highest BCUT2D eigenvalue weighted by molar-refractivity contribution is 7.91. The summed E-state index contributed by atoms with van der Waals surface area (Å²) in [6, 6.07) is -0.0884. The molecule has 0 aliphatic carbocycles. The number of carbonyl (C=O) groups excluding carboxylic acids is 1. The number of halogens is 1. The Hall–Kier alpha value is -0.330. The zero-order valence-corrected chi connectivity index (χ0v) is 11.4. The Balaban J connectivity index is 0.00000144. The molecule has 2 aliphatic heterocycles. The molecular weight excluding hydrogens is 264 g/mol. The first kappa shape index (κ1) is 14.7. The zero-order valence-electron chi connectivity index (χ0n) is 9.72. The molecule has 1 unspecified atom stereocenters. The van der Waals surface area contributed by atoms with E-state index in [1.165, 1.54) is 0 Å². The summed E-state index contributed by atoms with van der Waals surface area (Å²) in [6.45, 7) is 1.61. The van der Waals surface area contributed by atoms with Crippen LogP contribution in [0.5, 0.6) is 0 Å². The fourth-order valence-corrected chi connectivity index (χ4v) is 3.42. The minimum absolute atomic E-state index is 0. The average molecular weight is 283 g/mol. The predicted molar refractivity (Wildman–Crippen MR) is 68.1 cm³/mol. The van der Waals surface area contributed by atoms with Crippen LogP contribution in [-0.2, 0) is 14.6 Å². The summed E-state index contributed by atoms with van der Waals surface area (Å²) in [5.74, 6) is 0.311. The molecule has 1 atom stereocenters. The smallest absolute Gasteiger partial charge is 0.239 e. The van der Waals surface area contributed by atoms with Crippen LogP contribution in [0.3, 0.4) is 0 Å². The van der Waals surface area contributed by atoms with Gasteiger partial charge in [0.1, 0.15) is 0 Å². The third kappa shape index (κ3) is 3.82. The van der Waals surface area contributed by atoms with E-state index in [2.05, 4.69) is 5.32 Å². The van der Waals surface area contributed by atoms with E-state index in [0.717, 1.165) is 25.8 Å². The molecule has 2 heterocycles. The molecule has 100 valence electrons. The average Bonchev–Trinajstić information content (AvgIpc) is 2.29. The normalized spacial score (nSPS) is 28.2. The van der Waals surface area contributed by atoms with Crippen LogP contribution in [0.15, 0.2) is 0 Å². The van der Waals surface area contributed by atoms with Crippen LogP contribution < -0.4 is 5.32 Å². The van der Waals surface area contributed by atoms with Gasteiger partial charge in [0.15, 0.2) is 9.84 Å². The van der Waals surface area contributed by atoms with Crippen molar-refractivity contribution in [3.63, 3.8) is 0 Å². The molecule has 2 saturated heterocycles. The fraction of sp³-hybridized carbons (Fsp3) is 0.900. The summed E-state index contributed by atoms with van der Waals surface area (Å²) < 4.78 is 22.5. The van der Waals surface area contributed by atoms with Gasteiger partial charge in [-0.15, -0.1) is 12.4 Å². The molecule has 0 bridgehead atoms. The van der Waals surface area contributed by atoms with Crippen molar-refractivity contribution in [1.82, 2.24) is 10.2 Å². The second kappa shape index (κ2) is 6.02. The quantitative estimate of drug-likeness (QED) is 0.724. The number of rotatable bonds is 1. The van der Waals surface area contributed by atoms with Gasteiger partial charge in [0.2, 0.25) is 5.91 Å². The number of amides is 1. The van der Waals surface area contributed by atoms with Gasteiger partial charge in [0.05, 0.1) is 17.5 Å². The number of nitrogens with one attached hydrogen (secondary N) is 1. The molecule has 1 amide bonds. The molecule has 2 aliphatic rings. The van der Waals surface area contributed by atoms with Crippen LogP contribution in [0.4, 0.5) is 0 Å². The molecule has 0 saturated carbocycles. The highest BCUT2D eigenvalue weighted by Crippen LogP contribution is 2.12. The van der Waals surface area contributed by atoms with Crippen molar-refractivity contribution in [3.05, 3.63) is 0 Å². The summed E-state index contributed by atoms with van der Waals surface area (Å²) >= 11 is 0. The molecule has 0 aromatic heterocycles. The SMILES string of the molecule is Cl.O=C(C1CCCCN1)N1CCS(=O)(=O)CC1. The Morgan fingerprint density at radius 2 is 1.82 bits per heavy atom. The molecule has 5 nitrogen and oxygen atoms in total. The molecule has 17 heavy (non-hydrogen) atoms. The minimum Gasteiger partial charge on any atom is -0.339 e. The highest BCUT2D eigenvalue weighted by atomic mass is 35.5. The second-order valence-corrected chi connectivity index (χ2v) is 6.78. The fourth-order valence-electron chi connectivity index (χ4n) is 2.22. The minimum atomic E-state index is -2.89. The molecular formula is C10H19ClN2O3S. The lowest BCUT2D eigenvalue weighted by atomic mass is 10.0. The predicted octanol–water partition coefficient (Wildman–Crippen LogP) is -0.193. The molecule has 2 fully saturated rings. The molecule has 0 spiro atoms. The van der Waals surface area contributed by atoms with Crippen molar-refractivity contribution < 1.29 is 13.2 Å². The lowest BCUT2D eigenvalue weighted by molar-refractivity contribution is -0.133. The number of nitrogens with zero attached hydrogens (tertiary/aromatic N) is 1. The Kier molecular flexibility index (Phi) is 5.22. The van der Waals surface area contributed by atoms with E-state index in [0.29, 0.717) is 13.1 Å². The number of hydrogen-bond acceptors (Lipinski definition) is 4. The van der Waals surface area contributed by atoms with Crippen LogP contribution >= 0.6 is 12.4 Å². The van der Waals surface area contributed by atoms with Crippen LogP contribution in [-0.4, -0.2) is 56.4 Å². The van der Waals surface area contributed by atoms with Crippen molar-refractivity contribution in [2.45, 2.75) is 25.3 Å². The summed E-state index contributed by atoms with van der Waals surface area (Å²) in [5, 5.41) is 3.20. The summed E-state index contributed by atoms with van der Waals surface area (Å²) in [7, 11) is -2.89. The Labute approximate surface area is 108 Å². The van der Waals surface area contributed by atoms with E-state index in [-0.39, 0.29) is 35.9 Å². The van der Waals surface area contributed by atoms with E-state index in [4.69, 9.17) is 0 Å². The largest absolute Gasteiger partial charge is 0.339 e. The van der Waals surface area contributed by atoms with Gasteiger partial charge in [-0.05, 0) is 19.4 Å². The number of piperidine rings is 1. The first-order valence-electron chi connectivity index (χ1n) is 5.81. The second-order valence-electron chi connectivity index (χ2n) is 4.48. The molecule has 0 aromatic rings. The number of hydrogen-bond donors (Lipinski definition) is 1. The standard InChI is InChI=1S/C10H18N2O3S.ClH/c13-10(9-3-1-2-4-11-9)12-5-7-16(14,15)8-6-12;/h9,11H,1-8H2;1H.